The zero-order chi connectivity index (χ0) is 19.1. The van der Waals surface area contributed by atoms with Crippen LogP contribution in [0.2, 0.25) is 0 Å². The Hall–Kier alpha value is -2.76. The van der Waals surface area contributed by atoms with Gasteiger partial charge < -0.3 is 9.84 Å². The highest BCUT2D eigenvalue weighted by atomic mass is 19.4. The average molecular weight is 362 g/mol. The van der Waals surface area contributed by atoms with E-state index in [1.165, 1.54) is 0 Å². The van der Waals surface area contributed by atoms with Gasteiger partial charge in [-0.25, -0.2) is 4.79 Å². The fourth-order valence-electron chi connectivity index (χ4n) is 2.97. The highest BCUT2D eigenvalue weighted by Crippen LogP contribution is 2.45. The molecule has 1 atom stereocenters. The molecule has 0 spiro atoms. The van der Waals surface area contributed by atoms with Crippen molar-refractivity contribution >= 4 is 12.0 Å². The van der Waals surface area contributed by atoms with E-state index in [-0.39, 0.29) is 5.75 Å². The van der Waals surface area contributed by atoms with Crippen molar-refractivity contribution in [2.45, 2.75) is 32.0 Å². The standard InChI is InChI=1S/C20H17F3O3/c1-12-5-3-4-6-14(12)9-13-7-8-15-11-16(18(24)25)19(2,20(21,22)23)26-17(15)10-13/h3-8,10-11H,9H2,1-2H3,(H,24,25). The first-order chi connectivity index (χ1) is 12.1. The minimum Gasteiger partial charge on any atom is -0.478 e. The normalized spacial score (nSPS) is 19.3. The summed E-state index contributed by atoms with van der Waals surface area (Å²) >= 11 is 0. The maximum absolute atomic E-state index is 13.5. The van der Waals surface area contributed by atoms with Crippen LogP contribution in [0, 0.1) is 6.92 Å². The Morgan fingerprint density at radius 2 is 1.88 bits per heavy atom. The van der Waals surface area contributed by atoms with Gasteiger partial charge in [-0.1, -0.05) is 36.4 Å². The van der Waals surface area contributed by atoms with Crippen LogP contribution in [0.5, 0.6) is 5.75 Å². The van der Waals surface area contributed by atoms with Crippen LogP contribution in [-0.2, 0) is 11.2 Å². The molecule has 136 valence electrons. The van der Waals surface area contributed by atoms with Crippen molar-refractivity contribution in [3.8, 4) is 5.75 Å². The minimum absolute atomic E-state index is 0.0286. The molecule has 2 aromatic carbocycles. The molecule has 0 saturated heterocycles. The summed E-state index contributed by atoms with van der Waals surface area (Å²) in [6.45, 7) is 2.71. The molecule has 0 saturated carbocycles. The quantitative estimate of drug-likeness (QED) is 0.856. The number of alkyl halides is 3. The second-order valence-corrected chi connectivity index (χ2v) is 6.47. The molecule has 2 aromatic rings. The number of benzene rings is 2. The van der Waals surface area contributed by atoms with Crippen LogP contribution in [-0.4, -0.2) is 22.9 Å². The third-order valence-electron chi connectivity index (χ3n) is 4.63. The third kappa shape index (κ3) is 3.07. The van der Waals surface area contributed by atoms with Crippen molar-refractivity contribution in [1.29, 1.82) is 0 Å². The number of aliphatic carboxylic acids is 1. The van der Waals surface area contributed by atoms with Gasteiger partial charge in [0, 0.05) is 5.56 Å². The van der Waals surface area contributed by atoms with E-state index in [4.69, 9.17) is 4.74 Å². The molecule has 1 aliphatic heterocycles. The van der Waals surface area contributed by atoms with E-state index in [1.807, 2.05) is 31.2 Å². The van der Waals surface area contributed by atoms with Crippen LogP contribution in [0.1, 0.15) is 29.2 Å². The summed E-state index contributed by atoms with van der Waals surface area (Å²) in [6, 6.07) is 12.6. The van der Waals surface area contributed by atoms with Gasteiger partial charge in [0.1, 0.15) is 5.75 Å². The van der Waals surface area contributed by atoms with Crippen LogP contribution >= 0.6 is 0 Å². The van der Waals surface area contributed by atoms with Crippen LogP contribution in [0.4, 0.5) is 13.2 Å². The van der Waals surface area contributed by atoms with Gasteiger partial charge in [0.2, 0.25) is 5.60 Å². The van der Waals surface area contributed by atoms with Crippen molar-refractivity contribution in [3.05, 3.63) is 70.3 Å². The molecular formula is C20H17F3O3. The van der Waals surface area contributed by atoms with E-state index < -0.39 is 23.3 Å². The lowest BCUT2D eigenvalue weighted by Gasteiger charge is -2.36. The van der Waals surface area contributed by atoms with E-state index >= 15 is 0 Å². The second kappa shape index (κ2) is 6.20. The molecule has 0 amide bonds. The topological polar surface area (TPSA) is 46.5 Å². The lowest BCUT2D eigenvalue weighted by atomic mass is 9.89. The molecule has 3 rings (SSSR count). The van der Waals surface area contributed by atoms with Gasteiger partial charge in [0.05, 0.1) is 5.57 Å². The first kappa shape index (κ1) is 18.0. The molecule has 0 bridgehead atoms. The van der Waals surface area contributed by atoms with Crippen molar-refractivity contribution in [2.24, 2.45) is 0 Å². The lowest BCUT2D eigenvalue weighted by Crippen LogP contribution is -2.52. The second-order valence-electron chi connectivity index (χ2n) is 6.47. The molecule has 26 heavy (non-hydrogen) atoms. The van der Waals surface area contributed by atoms with Gasteiger partial charge in [-0.15, -0.1) is 0 Å². The Morgan fingerprint density at radius 3 is 2.50 bits per heavy atom. The van der Waals surface area contributed by atoms with Gasteiger partial charge in [-0.3, -0.25) is 0 Å². The van der Waals surface area contributed by atoms with Gasteiger partial charge in [0.15, 0.2) is 0 Å². The summed E-state index contributed by atoms with van der Waals surface area (Å²) in [5, 5.41) is 9.19. The molecule has 0 aromatic heterocycles. The summed E-state index contributed by atoms with van der Waals surface area (Å²) in [5.74, 6) is -1.62. The van der Waals surface area contributed by atoms with Crippen molar-refractivity contribution < 1.29 is 27.8 Å². The fourth-order valence-corrected chi connectivity index (χ4v) is 2.97. The molecular weight excluding hydrogens is 345 g/mol. The van der Waals surface area contributed by atoms with Crippen LogP contribution < -0.4 is 4.74 Å². The number of carboxylic acids is 1. The van der Waals surface area contributed by atoms with E-state index in [0.717, 1.165) is 29.7 Å². The van der Waals surface area contributed by atoms with E-state index in [0.29, 0.717) is 12.0 Å². The van der Waals surface area contributed by atoms with Gasteiger partial charge in [-0.2, -0.15) is 13.2 Å². The molecule has 0 radical (unpaired) electrons. The Balaban J connectivity index is 2.02. The number of halogens is 3. The number of aryl methyl sites for hydroxylation is 1. The first-order valence-electron chi connectivity index (χ1n) is 8.00. The van der Waals surface area contributed by atoms with Crippen molar-refractivity contribution in [1.82, 2.24) is 0 Å². The number of hydrogen-bond donors (Lipinski definition) is 1. The molecule has 1 N–H and O–H groups in total. The summed E-state index contributed by atoms with van der Waals surface area (Å²) in [6.07, 6.45) is -3.28. The Morgan fingerprint density at radius 1 is 1.19 bits per heavy atom. The maximum atomic E-state index is 13.5. The van der Waals surface area contributed by atoms with E-state index in [1.54, 1.807) is 18.2 Å². The molecule has 0 aliphatic carbocycles. The van der Waals surface area contributed by atoms with Gasteiger partial charge >= 0.3 is 12.1 Å². The molecule has 1 unspecified atom stereocenters. The largest absolute Gasteiger partial charge is 0.478 e. The van der Waals surface area contributed by atoms with E-state index in [9.17, 15) is 23.1 Å². The molecule has 0 fully saturated rings. The van der Waals surface area contributed by atoms with Crippen LogP contribution in [0.15, 0.2) is 48.0 Å². The number of carboxylic acid groups (broad SMARTS) is 1. The Labute approximate surface area is 148 Å². The number of hydrogen-bond acceptors (Lipinski definition) is 2. The molecule has 3 nitrogen and oxygen atoms in total. The molecule has 6 heteroatoms. The van der Waals surface area contributed by atoms with Crippen molar-refractivity contribution in [2.75, 3.05) is 0 Å². The average Bonchev–Trinajstić information content (AvgIpc) is 2.55. The summed E-state index contributed by atoms with van der Waals surface area (Å²) < 4.78 is 45.7. The van der Waals surface area contributed by atoms with Crippen LogP contribution in [0.25, 0.3) is 6.08 Å². The predicted octanol–water partition coefficient (Wildman–Crippen LogP) is 4.77. The maximum Gasteiger partial charge on any atom is 0.432 e. The lowest BCUT2D eigenvalue weighted by molar-refractivity contribution is -0.228. The zero-order valence-electron chi connectivity index (χ0n) is 14.2. The van der Waals surface area contributed by atoms with Gasteiger partial charge in [0.25, 0.3) is 0 Å². The number of rotatable bonds is 3. The number of fused-ring (bicyclic) bond motifs is 1. The summed E-state index contributed by atoms with van der Waals surface area (Å²) in [4.78, 5) is 11.3. The minimum atomic E-state index is -4.86. The third-order valence-corrected chi connectivity index (χ3v) is 4.63. The SMILES string of the molecule is Cc1ccccc1Cc1ccc2c(c1)OC(C)(C(F)(F)F)C(C(=O)O)=C2. The van der Waals surface area contributed by atoms with E-state index in [2.05, 4.69) is 0 Å². The highest BCUT2D eigenvalue weighted by Gasteiger charge is 2.59. The molecule has 1 heterocycles. The summed E-state index contributed by atoms with van der Waals surface area (Å²) in [5.41, 5.74) is -0.480. The number of ether oxygens (including phenoxy) is 1. The highest BCUT2D eigenvalue weighted by molar-refractivity contribution is 5.96. The van der Waals surface area contributed by atoms with Crippen LogP contribution in [0.3, 0.4) is 0 Å². The fraction of sp³-hybridized carbons (Fsp3) is 0.250. The van der Waals surface area contributed by atoms with Crippen molar-refractivity contribution in [3.63, 3.8) is 0 Å². The summed E-state index contributed by atoms with van der Waals surface area (Å²) in [7, 11) is 0. The Kier molecular flexibility index (Phi) is 4.30. The number of carbonyl (C=O) groups is 1. The Bertz CT molecular complexity index is 899. The first-order valence-corrected chi connectivity index (χ1v) is 8.00. The molecule has 1 aliphatic rings. The monoisotopic (exact) mass is 362 g/mol. The smallest absolute Gasteiger partial charge is 0.432 e. The zero-order valence-corrected chi connectivity index (χ0v) is 14.2. The predicted molar refractivity (Wildman–Crippen MR) is 91.1 cm³/mol. The van der Waals surface area contributed by atoms with Gasteiger partial charge in [-0.05, 0) is 49.1 Å².